The zero-order chi connectivity index (χ0) is 15.2. The summed E-state index contributed by atoms with van der Waals surface area (Å²) in [6, 6.07) is 11.5. The molecule has 0 bridgehead atoms. The minimum atomic E-state index is -0.124. The second kappa shape index (κ2) is 6.76. The van der Waals surface area contributed by atoms with Crippen LogP contribution in [0.5, 0.6) is 0 Å². The Bertz CT molecular complexity index is 739. The van der Waals surface area contributed by atoms with Gasteiger partial charge < -0.3 is 14.7 Å². The molecule has 3 aromatic rings. The van der Waals surface area contributed by atoms with E-state index in [1.165, 1.54) is 6.08 Å². The van der Waals surface area contributed by atoms with Crippen LogP contribution in [0.2, 0.25) is 0 Å². The van der Waals surface area contributed by atoms with Gasteiger partial charge >= 0.3 is 0 Å². The molecule has 112 valence electrons. The number of para-hydroxylation sites is 2. The molecule has 0 aliphatic rings. The number of imidazole rings is 1. The van der Waals surface area contributed by atoms with E-state index in [1.807, 2.05) is 24.3 Å². The van der Waals surface area contributed by atoms with Crippen LogP contribution in [0.4, 0.5) is 0 Å². The molecule has 2 N–H and O–H groups in total. The fourth-order valence-electron chi connectivity index (χ4n) is 2.19. The zero-order valence-electron chi connectivity index (χ0n) is 12.1. The van der Waals surface area contributed by atoms with E-state index < -0.39 is 0 Å². The van der Waals surface area contributed by atoms with Crippen molar-refractivity contribution in [2.45, 2.75) is 12.8 Å². The van der Waals surface area contributed by atoms with Crippen LogP contribution in [0.1, 0.15) is 18.0 Å². The molecule has 0 fully saturated rings. The van der Waals surface area contributed by atoms with Crippen LogP contribution in [0.3, 0.4) is 0 Å². The van der Waals surface area contributed by atoms with Crippen LogP contribution in [-0.4, -0.2) is 22.4 Å². The maximum Gasteiger partial charge on any atom is 0.244 e. The maximum absolute atomic E-state index is 11.6. The third-order valence-electron chi connectivity index (χ3n) is 3.27. The van der Waals surface area contributed by atoms with Crippen LogP contribution in [-0.2, 0) is 11.2 Å². The van der Waals surface area contributed by atoms with Crippen LogP contribution >= 0.6 is 0 Å². The Balaban J connectivity index is 1.42. The first kappa shape index (κ1) is 14.1. The number of aromatic nitrogens is 2. The molecular formula is C17H17N3O2. The second-order valence-corrected chi connectivity index (χ2v) is 4.94. The number of furan rings is 1. The number of fused-ring (bicyclic) bond motifs is 1. The molecule has 2 heterocycles. The summed E-state index contributed by atoms with van der Waals surface area (Å²) in [5.74, 6) is 1.49. The predicted molar refractivity (Wildman–Crippen MR) is 85.2 cm³/mol. The number of hydrogen-bond acceptors (Lipinski definition) is 3. The number of nitrogens with zero attached hydrogens (tertiary/aromatic N) is 1. The monoisotopic (exact) mass is 295 g/mol. The molecule has 5 heteroatoms. The largest absolute Gasteiger partial charge is 0.465 e. The van der Waals surface area contributed by atoms with E-state index >= 15 is 0 Å². The van der Waals surface area contributed by atoms with Gasteiger partial charge in [-0.3, -0.25) is 4.79 Å². The average molecular weight is 295 g/mol. The first-order valence-corrected chi connectivity index (χ1v) is 7.24. The highest BCUT2D eigenvalue weighted by Crippen LogP contribution is 2.11. The van der Waals surface area contributed by atoms with Crippen molar-refractivity contribution < 1.29 is 9.21 Å². The topological polar surface area (TPSA) is 70.9 Å². The number of rotatable bonds is 6. The summed E-state index contributed by atoms with van der Waals surface area (Å²) >= 11 is 0. The summed E-state index contributed by atoms with van der Waals surface area (Å²) in [5, 5.41) is 2.84. The van der Waals surface area contributed by atoms with Gasteiger partial charge in [0.1, 0.15) is 11.6 Å². The molecule has 0 radical (unpaired) electrons. The molecule has 5 nitrogen and oxygen atoms in total. The van der Waals surface area contributed by atoms with Gasteiger partial charge in [-0.1, -0.05) is 12.1 Å². The Kier molecular flexibility index (Phi) is 4.34. The molecule has 1 aromatic carbocycles. The summed E-state index contributed by atoms with van der Waals surface area (Å²) in [6.45, 7) is 0.609. The van der Waals surface area contributed by atoms with Gasteiger partial charge in [-0.05, 0) is 36.8 Å². The molecule has 1 amide bonds. The van der Waals surface area contributed by atoms with Gasteiger partial charge in [0.15, 0.2) is 0 Å². The Labute approximate surface area is 128 Å². The van der Waals surface area contributed by atoms with E-state index in [1.54, 1.807) is 24.5 Å². The van der Waals surface area contributed by atoms with Crippen molar-refractivity contribution >= 4 is 23.0 Å². The summed E-state index contributed by atoms with van der Waals surface area (Å²) in [6.07, 6.45) is 6.33. The smallest absolute Gasteiger partial charge is 0.244 e. The highest BCUT2D eigenvalue weighted by Gasteiger charge is 2.02. The Morgan fingerprint density at radius 2 is 2.18 bits per heavy atom. The third kappa shape index (κ3) is 3.63. The quantitative estimate of drug-likeness (QED) is 0.542. The van der Waals surface area contributed by atoms with E-state index in [0.717, 1.165) is 29.7 Å². The van der Waals surface area contributed by atoms with Gasteiger partial charge in [-0.25, -0.2) is 4.98 Å². The van der Waals surface area contributed by atoms with E-state index in [2.05, 4.69) is 15.3 Å². The lowest BCUT2D eigenvalue weighted by Crippen LogP contribution is -2.22. The number of nitrogens with one attached hydrogen (secondary N) is 2. The fourth-order valence-corrected chi connectivity index (χ4v) is 2.19. The van der Waals surface area contributed by atoms with Gasteiger partial charge in [-0.2, -0.15) is 0 Å². The SMILES string of the molecule is O=C(/C=C/c1ccco1)NCCCc1nc2ccccc2[nH]1. The highest BCUT2D eigenvalue weighted by atomic mass is 16.3. The predicted octanol–water partition coefficient (Wildman–Crippen LogP) is 2.92. The highest BCUT2D eigenvalue weighted by molar-refractivity contribution is 5.91. The molecule has 0 unspecified atom stereocenters. The minimum absolute atomic E-state index is 0.124. The summed E-state index contributed by atoms with van der Waals surface area (Å²) < 4.78 is 5.12. The maximum atomic E-state index is 11.6. The molecule has 0 saturated carbocycles. The molecule has 0 atom stereocenters. The summed E-state index contributed by atoms with van der Waals surface area (Å²) in [4.78, 5) is 19.4. The van der Waals surface area contributed by atoms with Gasteiger partial charge in [0, 0.05) is 19.0 Å². The number of hydrogen-bond donors (Lipinski definition) is 2. The van der Waals surface area contributed by atoms with E-state index in [9.17, 15) is 4.79 Å². The lowest BCUT2D eigenvalue weighted by molar-refractivity contribution is -0.116. The van der Waals surface area contributed by atoms with Crippen LogP contribution in [0, 0.1) is 0 Å². The molecule has 0 aliphatic carbocycles. The van der Waals surface area contributed by atoms with E-state index in [4.69, 9.17) is 4.42 Å². The van der Waals surface area contributed by atoms with Crippen molar-refractivity contribution in [3.05, 3.63) is 60.3 Å². The Morgan fingerprint density at radius 1 is 1.27 bits per heavy atom. The van der Waals surface area contributed by atoms with Gasteiger partial charge in [0.25, 0.3) is 0 Å². The zero-order valence-corrected chi connectivity index (χ0v) is 12.1. The molecule has 0 spiro atoms. The molecule has 2 aromatic heterocycles. The van der Waals surface area contributed by atoms with Crippen molar-refractivity contribution in [3.63, 3.8) is 0 Å². The number of H-pyrrole nitrogens is 1. The lowest BCUT2D eigenvalue weighted by atomic mass is 10.3. The van der Waals surface area contributed by atoms with Crippen molar-refractivity contribution in [2.75, 3.05) is 6.54 Å². The Hall–Kier alpha value is -2.82. The average Bonchev–Trinajstić information content (AvgIpc) is 3.18. The number of aryl methyl sites for hydroxylation is 1. The summed E-state index contributed by atoms with van der Waals surface area (Å²) in [5.41, 5.74) is 2.02. The van der Waals surface area contributed by atoms with Gasteiger partial charge in [0.05, 0.1) is 17.3 Å². The van der Waals surface area contributed by atoms with Crippen molar-refractivity contribution in [3.8, 4) is 0 Å². The first-order chi connectivity index (χ1) is 10.8. The number of carbonyl (C=O) groups excluding carboxylic acids is 1. The van der Waals surface area contributed by atoms with Crippen LogP contribution in [0.15, 0.2) is 53.2 Å². The van der Waals surface area contributed by atoms with Gasteiger partial charge in [-0.15, -0.1) is 0 Å². The van der Waals surface area contributed by atoms with E-state index in [-0.39, 0.29) is 5.91 Å². The molecule has 0 aliphatic heterocycles. The number of aromatic amines is 1. The summed E-state index contributed by atoms with van der Waals surface area (Å²) in [7, 11) is 0. The standard InChI is InChI=1S/C17H17N3O2/c21-17(10-9-13-5-4-12-22-13)18-11-3-8-16-19-14-6-1-2-7-15(14)20-16/h1-2,4-7,9-10,12H,3,8,11H2,(H,18,21)(H,19,20)/b10-9+. The lowest BCUT2D eigenvalue weighted by Gasteiger charge is -2.00. The van der Waals surface area contributed by atoms with Crippen molar-refractivity contribution in [2.24, 2.45) is 0 Å². The normalized spacial score (nSPS) is 11.3. The fraction of sp³-hybridized carbons (Fsp3) is 0.176. The molecule has 3 rings (SSSR count). The number of carbonyl (C=O) groups is 1. The number of amides is 1. The number of benzene rings is 1. The van der Waals surface area contributed by atoms with Crippen LogP contribution < -0.4 is 5.32 Å². The molecule has 0 saturated heterocycles. The first-order valence-electron chi connectivity index (χ1n) is 7.24. The van der Waals surface area contributed by atoms with Crippen molar-refractivity contribution in [1.29, 1.82) is 0 Å². The van der Waals surface area contributed by atoms with E-state index in [0.29, 0.717) is 12.3 Å². The second-order valence-electron chi connectivity index (χ2n) is 4.94. The van der Waals surface area contributed by atoms with Gasteiger partial charge in [0.2, 0.25) is 5.91 Å². The minimum Gasteiger partial charge on any atom is -0.465 e. The molecular weight excluding hydrogens is 278 g/mol. The third-order valence-corrected chi connectivity index (χ3v) is 3.27. The van der Waals surface area contributed by atoms with Crippen molar-refractivity contribution in [1.82, 2.24) is 15.3 Å². The Morgan fingerprint density at radius 3 is 3.00 bits per heavy atom. The molecule has 22 heavy (non-hydrogen) atoms. The van der Waals surface area contributed by atoms with Crippen LogP contribution in [0.25, 0.3) is 17.1 Å².